The van der Waals surface area contributed by atoms with Crippen molar-refractivity contribution in [1.82, 2.24) is 5.32 Å². The summed E-state index contributed by atoms with van der Waals surface area (Å²) in [5.74, 6) is -3.96. The lowest BCUT2D eigenvalue weighted by Gasteiger charge is -2.31. The van der Waals surface area contributed by atoms with Crippen LogP contribution >= 0.6 is 0 Å². The van der Waals surface area contributed by atoms with Crippen molar-refractivity contribution in [3.05, 3.63) is 35.9 Å². The number of aliphatic carboxylic acids is 2. The Morgan fingerprint density at radius 1 is 1.05 bits per heavy atom. The van der Waals surface area contributed by atoms with Gasteiger partial charge in [0.05, 0.1) is 0 Å². The van der Waals surface area contributed by atoms with E-state index in [1.165, 1.54) is 5.56 Å². The van der Waals surface area contributed by atoms with Crippen LogP contribution in [0.15, 0.2) is 30.3 Å². The van der Waals surface area contributed by atoms with E-state index >= 15 is 0 Å². The summed E-state index contributed by atoms with van der Waals surface area (Å²) in [5, 5.41) is 21.5. The van der Waals surface area contributed by atoms with Gasteiger partial charge in [0.1, 0.15) is 0 Å². The average molecular weight is 291 g/mol. The van der Waals surface area contributed by atoms with E-state index in [4.69, 9.17) is 10.2 Å². The molecule has 1 aromatic carbocycles. The topological polar surface area (TPSA) is 86.6 Å². The first kappa shape index (κ1) is 15.5. The van der Waals surface area contributed by atoms with Crippen molar-refractivity contribution in [3.8, 4) is 0 Å². The van der Waals surface area contributed by atoms with Crippen LogP contribution in [-0.4, -0.2) is 28.2 Å². The van der Waals surface area contributed by atoms with Crippen LogP contribution in [0.4, 0.5) is 0 Å². The number of nitrogens with one attached hydrogen (secondary N) is 1. The second-order valence-corrected chi connectivity index (χ2v) is 5.63. The standard InChI is InChI=1S/C16H21NO4/c18-15(19)14(16(20)21)12-6-8-13(9-7-12)17-10-11-4-2-1-3-5-11/h1-5,12-14,17H,6-10H2,(H,18,19)(H,20,21)/t12-,13+. The molecule has 0 saturated heterocycles. The molecule has 2 rings (SSSR count). The van der Waals surface area contributed by atoms with E-state index in [2.05, 4.69) is 17.4 Å². The predicted molar refractivity (Wildman–Crippen MR) is 77.8 cm³/mol. The lowest BCUT2D eigenvalue weighted by atomic mass is 9.78. The first-order chi connectivity index (χ1) is 10.1. The number of carboxylic acids is 2. The Hall–Kier alpha value is -1.88. The van der Waals surface area contributed by atoms with Crippen LogP contribution in [0.2, 0.25) is 0 Å². The Balaban J connectivity index is 1.80. The fraction of sp³-hybridized carbons (Fsp3) is 0.500. The second-order valence-electron chi connectivity index (χ2n) is 5.63. The summed E-state index contributed by atoms with van der Waals surface area (Å²) in [7, 11) is 0. The van der Waals surface area contributed by atoms with E-state index in [9.17, 15) is 9.59 Å². The van der Waals surface area contributed by atoms with Crippen molar-refractivity contribution < 1.29 is 19.8 Å². The van der Waals surface area contributed by atoms with Gasteiger partial charge in [-0.05, 0) is 37.2 Å². The molecule has 0 aromatic heterocycles. The highest BCUT2D eigenvalue weighted by Gasteiger charge is 2.36. The van der Waals surface area contributed by atoms with Gasteiger partial charge in [0.2, 0.25) is 0 Å². The lowest BCUT2D eigenvalue weighted by molar-refractivity contribution is -0.158. The molecular formula is C16H21NO4. The van der Waals surface area contributed by atoms with Crippen molar-refractivity contribution in [3.63, 3.8) is 0 Å². The minimum Gasteiger partial charge on any atom is -0.481 e. The summed E-state index contributed by atoms with van der Waals surface area (Å²) in [6, 6.07) is 10.4. The molecule has 0 bridgehead atoms. The third-order valence-electron chi connectivity index (χ3n) is 4.21. The largest absolute Gasteiger partial charge is 0.481 e. The minimum atomic E-state index is -1.26. The zero-order chi connectivity index (χ0) is 15.2. The summed E-state index contributed by atoms with van der Waals surface area (Å²) < 4.78 is 0. The van der Waals surface area contributed by atoms with Gasteiger partial charge < -0.3 is 15.5 Å². The summed E-state index contributed by atoms with van der Waals surface area (Å²) in [6.45, 7) is 0.789. The highest BCUT2D eigenvalue weighted by atomic mass is 16.4. The zero-order valence-corrected chi connectivity index (χ0v) is 11.9. The molecule has 1 aliphatic rings. The van der Waals surface area contributed by atoms with E-state index in [0.717, 1.165) is 19.4 Å². The van der Waals surface area contributed by atoms with Gasteiger partial charge in [-0.2, -0.15) is 0 Å². The normalized spacial score (nSPS) is 22.1. The monoisotopic (exact) mass is 291 g/mol. The van der Waals surface area contributed by atoms with Gasteiger partial charge in [-0.3, -0.25) is 9.59 Å². The summed E-state index contributed by atoms with van der Waals surface area (Å²) >= 11 is 0. The molecule has 1 aromatic rings. The van der Waals surface area contributed by atoms with Gasteiger partial charge in [-0.1, -0.05) is 30.3 Å². The van der Waals surface area contributed by atoms with Gasteiger partial charge in [0.15, 0.2) is 5.92 Å². The maximum Gasteiger partial charge on any atom is 0.318 e. The fourth-order valence-corrected chi connectivity index (χ4v) is 3.02. The van der Waals surface area contributed by atoms with E-state index in [-0.39, 0.29) is 5.92 Å². The van der Waals surface area contributed by atoms with Crippen LogP contribution < -0.4 is 5.32 Å². The van der Waals surface area contributed by atoms with Crippen molar-refractivity contribution >= 4 is 11.9 Å². The molecule has 0 spiro atoms. The zero-order valence-electron chi connectivity index (χ0n) is 11.9. The molecule has 0 heterocycles. The Bertz CT molecular complexity index is 466. The third kappa shape index (κ3) is 4.29. The van der Waals surface area contributed by atoms with Crippen LogP contribution in [0.1, 0.15) is 31.2 Å². The predicted octanol–water partition coefficient (Wildman–Crippen LogP) is 2.12. The molecule has 5 heteroatoms. The maximum absolute atomic E-state index is 11.0. The highest BCUT2D eigenvalue weighted by molar-refractivity contribution is 5.93. The van der Waals surface area contributed by atoms with Crippen LogP contribution in [0.5, 0.6) is 0 Å². The highest BCUT2D eigenvalue weighted by Crippen LogP contribution is 2.31. The average Bonchev–Trinajstić information content (AvgIpc) is 2.47. The van der Waals surface area contributed by atoms with Crippen molar-refractivity contribution in [2.45, 2.75) is 38.3 Å². The number of benzene rings is 1. The molecular weight excluding hydrogens is 270 g/mol. The molecule has 114 valence electrons. The first-order valence-electron chi connectivity index (χ1n) is 7.31. The molecule has 0 aliphatic heterocycles. The quantitative estimate of drug-likeness (QED) is 0.699. The van der Waals surface area contributed by atoms with E-state index in [0.29, 0.717) is 18.9 Å². The van der Waals surface area contributed by atoms with Gasteiger partial charge in [0, 0.05) is 12.6 Å². The number of carbonyl (C=O) groups is 2. The number of rotatable bonds is 6. The van der Waals surface area contributed by atoms with Crippen LogP contribution in [0.3, 0.4) is 0 Å². The lowest BCUT2D eigenvalue weighted by Crippen LogP contribution is -2.38. The maximum atomic E-state index is 11.0. The summed E-state index contributed by atoms with van der Waals surface area (Å²) in [6.07, 6.45) is 2.95. The van der Waals surface area contributed by atoms with E-state index in [1.807, 2.05) is 18.2 Å². The third-order valence-corrected chi connectivity index (χ3v) is 4.21. The summed E-state index contributed by atoms with van der Waals surface area (Å²) in [5.41, 5.74) is 1.22. The van der Waals surface area contributed by atoms with E-state index in [1.54, 1.807) is 0 Å². The molecule has 1 aliphatic carbocycles. The molecule has 1 saturated carbocycles. The van der Waals surface area contributed by atoms with Crippen molar-refractivity contribution in [2.24, 2.45) is 11.8 Å². The van der Waals surface area contributed by atoms with Gasteiger partial charge in [-0.15, -0.1) is 0 Å². The number of hydrogen-bond donors (Lipinski definition) is 3. The summed E-state index contributed by atoms with van der Waals surface area (Å²) in [4.78, 5) is 22.1. The minimum absolute atomic E-state index is 0.255. The van der Waals surface area contributed by atoms with Crippen molar-refractivity contribution in [2.75, 3.05) is 0 Å². The van der Waals surface area contributed by atoms with Gasteiger partial charge >= 0.3 is 11.9 Å². The molecule has 0 radical (unpaired) electrons. The molecule has 1 fully saturated rings. The Morgan fingerprint density at radius 2 is 1.62 bits per heavy atom. The molecule has 21 heavy (non-hydrogen) atoms. The Morgan fingerprint density at radius 3 is 2.14 bits per heavy atom. The number of carboxylic acid groups (broad SMARTS) is 2. The van der Waals surface area contributed by atoms with Crippen LogP contribution in [0.25, 0.3) is 0 Å². The smallest absolute Gasteiger partial charge is 0.318 e. The molecule has 0 atom stereocenters. The van der Waals surface area contributed by atoms with Crippen molar-refractivity contribution in [1.29, 1.82) is 0 Å². The van der Waals surface area contributed by atoms with Gasteiger partial charge in [0.25, 0.3) is 0 Å². The number of hydrogen-bond acceptors (Lipinski definition) is 3. The fourth-order valence-electron chi connectivity index (χ4n) is 3.02. The second kappa shape index (κ2) is 7.22. The SMILES string of the molecule is O=C(O)C(C(=O)O)[C@H]1CC[C@@H](NCc2ccccc2)CC1. The van der Waals surface area contributed by atoms with Crippen LogP contribution in [-0.2, 0) is 16.1 Å². The van der Waals surface area contributed by atoms with Crippen LogP contribution in [0, 0.1) is 11.8 Å². The Kier molecular flexibility index (Phi) is 5.33. The molecule has 3 N–H and O–H groups in total. The Labute approximate surface area is 124 Å². The van der Waals surface area contributed by atoms with Gasteiger partial charge in [-0.25, -0.2) is 0 Å². The van der Waals surface area contributed by atoms with E-state index < -0.39 is 17.9 Å². The molecule has 5 nitrogen and oxygen atoms in total. The first-order valence-corrected chi connectivity index (χ1v) is 7.31. The molecule has 0 amide bonds. The molecule has 0 unspecified atom stereocenters.